The van der Waals surface area contributed by atoms with Gasteiger partial charge in [0.2, 0.25) is 0 Å². The highest BCUT2D eigenvalue weighted by molar-refractivity contribution is 6.30. The molecular weight excluding hydrogens is 298 g/mol. The van der Waals surface area contributed by atoms with E-state index in [0.717, 1.165) is 18.4 Å². The van der Waals surface area contributed by atoms with Crippen molar-refractivity contribution in [3.63, 3.8) is 0 Å². The Balaban J connectivity index is 0.000000287. The molecule has 0 bridgehead atoms. The number of Topliss-reactive ketones (excluding diaryl/α,β-unsaturated/α-hetero) is 1. The van der Waals surface area contributed by atoms with Crippen LogP contribution in [-0.2, 0) is 4.79 Å². The largest absolute Gasteiger partial charge is 0.393 e. The van der Waals surface area contributed by atoms with Crippen molar-refractivity contribution in [1.29, 1.82) is 0 Å². The first-order valence-electron chi connectivity index (χ1n) is 8.13. The van der Waals surface area contributed by atoms with E-state index in [1.165, 1.54) is 19.3 Å². The molecule has 3 nitrogen and oxygen atoms in total. The van der Waals surface area contributed by atoms with Gasteiger partial charge in [-0.05, 0) is 30.5 Å². The summed E-state index contributed by atoms with van der Waals surface area (Å²) in [6.45, 7) is 4.13. The Morgan fingerprint density at radius 1 is 1.23 bits per heavy atom. The van der Waals surface area contributed by atoms with Crippen LogP contribution in [0.4, 0.5) is 0 Å². The molecule has 4 heteroatoms. The lowest BCUT2D eigenvalue weighted by Crippen LogP contribution is -2.25. The van der Waals surface area contributed by atoms with Crippen molar-refractivity contribution >= 4 is 17.4 Å². The number of aliphatic hydroxyl groups is 1. The molecule has 0 heterocycles. The van der Waals surface area contributed by atoms with Crippen LogP contribution in [0.15, 0.2) is 24.3 Å². The van der Waals surface area contributed by atoms with Crippen LogP contribution in [0.3, 0.4) is 0 Å². The third-order valence-electron chi connectivity index (χ3n) is 4.00. The maximum absolute atomic E-state index is 11.8. The van der Waals surface area contributed by atoms with Gasteiger partial charge in [-0.2, -0.15) is 0 Å². The first-order valence-corrected chi connectivity index (χ1v) is 8.50. The lowest BCUT2D eigenvalue weighted by molar-refractivity contribution is -0.123. The zero-order chi connectivity index (χ0) is 16.5. The van der Waals surface area contributed by atoms with Gasteiger partial charge in [0.15, 0.2) is 0 Å². The fourth-order valence-corrected chi connectivity index (χ4v) is 2.72. The molecule has 1 aliphatic rings. The minimum absolute atomic E-state index is 0.00854. The fraction of sp³-hybridized carbons (Fsp3) is 0.611. The van der Waals surface area contributed by atoms with Crippen LogP contribution in [0.1, 0.15) is 57.4 Å². The van der Waals surface area contributed by atoms with Crippen molar-refractivity contribution in [3.8, 4) is 0 Å². The second-order valence-electron chi connectivity index (χ2n) is 6.19. The number of hydrogen-bond donors (Lipinski definition) is 2. The average molecular weight is 326 g/mol. The van der Waals surface area contributed by atoms with Gasteiger partial charge in [-0.1, -0.05) is 56.8 Å². The van der Waals surface area contributed by atoms with E-state index >= 15 is 0 Å². The molecule has 1 saturated carbocycles. The number of hydrogen-bond acceptors (Lipinski definition) is 3. The van der Waals surface area contributed by atoms with Gasteiger partial charge in [0.05, 0.1) is 12.0 Å². The van der Waals surface area contributed by atoms with E-state index in [2.05, 4.69) is 0 Å². The number of nitrogens with two attached hydrogens (primary N) is 1. The van der Waals surface area contributed by atoms with Gasteiger partial charge >= 0.3 is 0 Å². The van der Waals surface area contributed by atoms with E-state index in [1.54, 1.807) is 12.1 Å². The molecule has 22 heavy (non-hydrogen) atoms. The van der Waals surface area contributed by atoms with E-state index in [4.69, 9.17) is 22.4 Å². The molecule has 0 spiro atoms. The van der Waals surface area contributed by atoms with Crippen LogP contribution in [0.25, 0.3) is 0 Å². The highest BCUT2D eigenvalue weighted by Crippen LogP contribution is 2.21. The van der Waals surface area contributed by atoms with E-state index in [-0.39, 0.29) is 23.7 Å². The molecule has 1 aromatic rings. The van der Waals surface area contributed by atoms with Gasteiger partial charge < -0.3 is 10.8 Å². The third-order valence-corrected chi connectivity index (χ3v) is 4.25. The summed E-state index contributed by atoms with van der Waals surface area (Å²) in [5.41, 5.74) is 6.57. The summed E-state index contributed by atoms with van der Waals surface area (Å²) < 4.78 is 0. The van der Waals surface area contributed by atoms with Crippen LogP contribution in [-0.4, -0.2) is 23.5 Å². The number of carbonyl (C=O) groups excluding carboxylic acids is 1. The highest BCUT2D eigenvalue weighted by atomic mass is 35.5. The third kappa shape index (κ3) is 6.47. The van der Waals surface area contributed by atoms with Gasteiger partial charge in [0.1, 0.15) is 5.78 Å². The molecular formula is C18H28ClNO2. The summed E-state index contributed by atoms with van der Waals surface area (Å²) in [5, 5.41) is 9.58. The van der Waals surface area contributed by atoms with E-state index in [0.29, 0.717) is 11.6 Å². The maximum Gasteiger partial charge on any atom is 0.144 e. The molecule has 124 valence electrons. The van der Waals surface area contributed by atoms with Crippen LogP contribution >= 0.6 is 11.6 Å². The molecule has 1 aliphatic carbocycles. The molecule has 2 rings (SSSR count). The van der Waals surface area contributed by atoms with Gasteiger partial charge in [-0.25, -0.2) is 0 Å². The van der Waals surface area contributed by atoms with Gasteiger partial charge in [-0.3, -0.25) is 4.79 Å². The minimum atomic E-state index is -0.206. The zero-order valence-electron chi connectivity index (χ0n) is 13.6. The number of rotatable bonds is 4. The molecule has 0 saturated heterocycles. The van der Waals surface area contributed by atoms with Crippen molar-refractivity contribution < 1.29 is 9.90 Å². The van der Waals surface area contributed by atoms with E-state index in [9.17, 15) is 4.79 Å². The molecule has 1 atom stereocenters. The van der Waals surface area contributed by atoms with Crippen molar-refractivity contribution in [2.24, 2.45) is 11.7 Å². The monoisotopic (exact) mass is 325 g/mol. The lowest BCUT2D eigenvalue weighted by Gasteiger charge is -2.16. The fourth-order valence-electron chi connectivity index (χ4n) is 2.59. The van der Waals surface area contributed by atoms with Crippen molar-refractivity contribution in [3.05, 3.63) is 34.9 Å². The molecule has 0 aromatic heterocycles. The number of ketones is 1. The minimum Gasteiger partial charge on any atom is -0.393 e. The van der Waals surface area contributed by atoms with E-state index in [1.807, 2.05) is 26.0 Å². The van der Waals surface area contributed by atoms with Crippen LogP contribution in [0, 0.1) is 5.92 Å². The van der Waals surface area contributed by atoms with Crippen molar-refractivity contribution in [2.75, 3.05) is 6.54 Å². The van der Waals surface area contributed by atoms with Crippen LogP contribution in [0.2, 0.25) is 5.02 Å². The van der Waals surface area contributed by atoms with E-state index < -0.39 is 0 Å². The van der Waals surface area contributed by atoms with Crippen molar-refractivity contribution in [1.82, 2.24) is 0 Å². The summed E-state index contributed by atoms with van der Waals surface area (Å²) in [6, 6.07) is 7.29. The Labute approximate surface area is 138 Å². The topological polar surface area (TPSA) is 63.3 Å². The molecule has 0 radical (unpaired) electrons. The molecule has 3 N–H and O–H groups in total. The van der Waals surface area contributed by atoms with Gasteiger partial charge in [0.25, 0.3) is 0 Å². The van der Waals surface area contributed by atoms with Gasteiger partial charge in [0, 0.05) is 17.5 Å². The Morgan fingerprint density at radius 2 is 1.77 bits per heavy atom. The first-order chi connectivity index (χ1) is 10.5. The predicted molar refractivity (Wildman–Crippen MR) is 92.2 cm³/mol. The summed E-state index contributed by atoms with van der Waals surface area (Å²) in [5.74, 6) is -0.0173. The smallest absolute Gasteiger partial charge is 0.144 e. The average Bonchev–Trinajstić information content (AvgIpc) is 2.51. The second-order valence-corrected chi connectivity index (χ2v) is 6.63. The second kappa shape index (κ2) is 9.98. The summed E-state index contributed by atoms with van der Waals surface area (Å²) in [4.78, 5) is 11.8. The van der Waals surface area contributed by atoms with Crippen LogP contribution in [0.5, 0.6) is 0 Å². The molecule has 0 amide bonds. The Hall–Kier alpha value is -0.900. The lowest BCUT2D eigenvalue weighted by atomic mass is 9.89. The van der Waals surface area contributed by atoms with Gasteiger partial charge in [-0.15, -0.1) is 0 Å². The summed E-state index contributed by atoms with van der Waals surface area (Å²) in [6.07, 6.45) is 5.92. The Morgan fingerprint density at radius 3 is 2.14 bits per heavy atom. The molecule has 1 unspecified atom stereocenters. The van der Waals surface area contributed by atoms with Crippen molar-refractivity contribution in [2.45, 2.75) is 58.0 Å². The quantitative estimate of drug-likeness (QED) is 0.882. The first kappa shape index (κ1) is 19.1. The standard InChI is InChI=1S/C12H16ClNO.C6H12O/c1-8(2)12(15)11(7-14)9-3-5-10(13)6-4-9;7-6-4-2-1-3-5-6/h3-6,8,11H,7,14H2,1-2H3;6-7H,1-5H2. The number of benzene rings is 1. The molecule has 0 aliphatic heterocycles. The van der Waals surface area contributed by atoms with Crippen LogP contribution < -0.4 is 5.73 Å². The molecule has 1 fully saturated rings. The summed E-state index contributed by atoms with van der Waals surface area (Å²) >= 11 is 5.79. The normalized spacial score (nSPS) is 16.8. The number of halogens is 1. The summed E-state index contributed by atoms with van der Waals surface area (Å²) in [7, 11) is 0. The maximum atomic E-state index is 11.8. The number of aliphatic hydroxyl groups excluding tert-OH is 1. The predicted octanol–water partition coefficient (Wildman–Crippen LogP) is 3.92. The SMILES string of the molecule is CC(C)C(=O)C(CN)c1ccc(Cl)cc1.OC1CCCCC1. The number of carbonyl (C=O) groups is 1. The Kier molecular flexibility index (Phi) is 8.69. The molecule has 1 aromatic carbocycles. The zero-order valence-corrected chi connectivity index (χ0v) is 14.4. The highest BCUT2D eigenvalue weighted by Gasteiger charge is 2.21. The Bertz CT molecular complexity index is 439.